The fourth-order valence-corrected chi connectivity index (χ4v) is 2.22. The van der Waals surface area contributed by atoms with E-state index < -0.39 is 23.0 Å². The summed E-state index contributed by atoms with van der Waals surface area (Å²) in [6.07, 6.45) is 2.02. The third kappa shape index (κ3) is 3.87. The summed E-state index contributed by atoms with van der Waals surface area (Å²) in [6.45, 7) is 3.93. The lowest BCUT2D eigenvalue weighted by Gasteiger charge is -2.10. The molecule has 1 atom stereocenters. The Bertz CT molecular complexity index is 395. The van der Waals surface area contributed by atoms with E-state index in [4.69, 9.17) is 0 Å². The molecule has 0 N–H and O–H groups in total. The van der Waals surface area contributed by atoms with Crippen molar-refractivity contribution in [3.63, 3.8) is 0 Å². The van der Waals surface area contributed by atoms with E-state index in [9.17, 15) is 13.6 Å². The van der Waals surface area contributed by atoms with Crippen LogP contribution in [0.15, 0.2) is 16.6 Å². The molecule has 1 aromatic rings. The summed E-state index contributed by atoms with van der Waals surface area (Å²) in [7, 11) is 0. The Morgan fingerprint density at radius 2 is 1.88 bits per heavy atom. The van der Waals surface area contributed by atoms with Crippen LogP contribution in [0.1, 0.15) is 43.5 Å². The van der Waals surface area contributed by atoms with Gasteiger partial charge in [-0.2, -0.15) is 0 Å². The second-order valence-electron chi connectivity index (χ2n) is 4.27. The highest BCUT2D eigenvalue weighted by atomic mass is 79.9. The van der Waals surface area contributed by atoms with Gasteiger partial charge in [0, 0.05) is 10.9 Å². The topological polar surface area (TPSA) is 17.1 Å². The van der Waals surface area contributed by atoms with Crippen molar-refractivity contribution in [2.45, 2.75) is 33.1 Å². The van der Waals surface area contributed by atoms with Crippen LogP contribution >= 0.6 is 15.9 Å². The smallest absolute Gasteiger partial charge is 0.169 e. The molecular weight excluding hydrogens is 290 g/mol. The zero-order valence-electron chi connectivity index (χ0n) is 9.90. The fraction of sp³-hybridized carbons (Fsp3) is 0.462. The molecule has 0 bridgehead atoms. The third-order valence-corrected chi connectivity index (χ3v) is 3.06. The van der Waals surface area contributed by atoms with E-state index in [1.807, 2.05) is 13.8 Å². The van der Waals surface area contributed by atoms with Gasteiger partial charge < -0.3 is 0 Å². The summed E-state index contributed by atoms with van der Waals surface area (Å²) in [4.78, 5) is 11.8. The Balaban J connectivity index is 2.89. The third-order valence-electron chi connectivity index (χ3n) is 2.60. The molecule has 1 nitrogen and oxygen atoms in total. The van der Waals surface area contributed by atoms with Gasteiger partial charge in [0.1, 0.15) is 11.6 Å². The van der Waals surface area contributed by atoms with Crippen LogP contribution in [0.4, 0.5) is 8.78 Å². The maximum absolute atomic E-state index is 13.5. The van der Waals surface area contributed by atoms with Crippen molar-refractivity contribution in [2.75, 3.05) is 0 Å². The van der Waals surface area contributed by atoms with Gasteiger partial charge in [-0.15, -0.1) is 0 Å². The summed E-state index contributed by atoms with van der Waals surface area (Å²) >= 11 is 2.98. The number of ketones is 1. The van der Waals surface area contributed by atoms with Crippen molar-refractivity contribution in [3.05, 3.63) is 33.8 Å². The second-order valence-corrected chi connectivity index (χ2v) is 5.18. The molecule has 0 amide bonds. The molecule has 0 saturated carbocycles. The molecule has 1 aromatic carbocycles. The van der Waals surface area contributed by atoms with Gasteiger partial charge in [-0.05, 0) is 18.1 Å². The number of carbonyl (C=O) groups excluding carboxylic acids is 1. The van der Waals surface area contributed by atoms with Crippen molar-refractivity contribution in [1.29, 1.82) is 0 Å². The summed E-state index contributed by atoms with van der Waals surface area (Å²) in [5, 5.41) is 0. The van der Waals surface area contributed by atoms with Gasteiger partial charge in [-0.3, -0.25) is 4.79 Å². The predicted molar refractivity (Wildman–Crippen MR) is 67.1 cm³/mol. The molecule has 94 valence electrons. The molecule has 1 rings (SSSR count). The molecule has 0 aliphatic heterocycles. The Morgan fingerprint density at radius 3 is 2.35 bits per heavy atom. The zero-order chi connectivity index (χ0) is 13.0. The lowest BCUT2D eigenvalue weighted by atomic mass is 9.95. The molecule has 17 heavy (non-hydrogen) atoms. The lowest BCUT2D eigenvalue weighted by molar-refractivity contribution is 0.0954. The van der Waals surface area contributed by atoms with E-state index in [2.05, 4.69) is 15.9 Å². The first-order valence-electron chi connectivity index (χ1n) is 5.63. The Kier molecular flexibility index (Phi) is 5.25. The average molecular weight is 305 g/mol. The first-order valence-corrected chi connectivity index (χ1v) is 6.42. The summed E-state index contributed by atoms with van der Waals surface area (Å²) < 4.78 is 27.3. The van der Waals surface area contributed by atoms with Gasteiger partial charge in [0.05, 0.1) is 5.56 Å². The van der Waals surface area contributed by atoms with Crippen LogP contribution in [0.3, 0.4) is 0 Å². The largest absolute Gasteiger partial charge is 0.294 e. The van der Waals surface area contributed by atoms with Gasteiger partial charge in [-0.1, -0.05) is 42.6 Å². The van der Waals surface area contributed by atoms with Crippen LogP contribution in [0, 0.1) is 17.6 Å². The van der Waals surface area contributed by atoms with Crippen LogP contribution < -0.4 is 0 Å². The number of halogens is 3. The molecule has 4 heteroatoms. The van der Waals surface area contributed by atoms with Crippen LogP contribution in [-0.4, -0.2) is 5.78 Å². The normalized spacial score (nSPS) is 12.5. The van der Waals surface area contributed by atoms with Gasteiger partial charge in [0.25, 0.3) is 0 Å². The van der Waals surface area contributed by atoms with Crippen LogP contribution in [0.5, 0.6) is 0 Å². The average Bonchev–Trinajstić information content (AvgIpc) is 2.15. The van der Waals surface area contributed by atoms with E-state index in [0.29, 0.717) is 4.47 Å². The van der Waals surface area contributed by atoms with E-state index in [1.54, 1.807) is 0 Å². The molecule has 0 saturated heterocycles. The molecular formula is C13H15BrF2O. The maximum atomic E-state index is 13.5. The minimum Gasteiger partial charge on any atom is -0.294 e. The van der Waals surface area contributed by atoms with Crippen molar-refractivity contribution in [3.8, 4) is 0 Å². The van der Waals surface area contributed by atoms with Crippen molar-refractivity contribution >= 4 is 21.7 Å². The molecule has 0 aromatic heterocycles. The molecule has 0 heterocycles. The van der Waals surface area contributed by atoms with E-state index >= 15 is 0 Å². The second kappa shape index (κ2) is 6.24. The highest BCUT2D eigenvalue weighted by molar-refractivity contribution is 9.10. The highest BCUT2D eigenvalue weighted by Crippen LogP contribution is 2.22. The van der Waals surface area contributed by atoms with Gasteiger partial charge in [-0.25, -0.2) is 8.78 Å². The van der Waals surface area contributed by atoms with Crippen LogP contribution in [-0.2, 0) is 0 Å². The van der Waals surface area contributed by atoms with Crippen LogP contribution in [0.25, 0.3) is 0 Å². The van der Waals surface area contributed by atoms with Crippen molar-refractivity contribution < 1.29 is 13.6 Å². The number of Topliss-reactive ketones (excluding diaryl/α,β-unsaturated/α-hetero) is 1. The minimum atomic E-state index is -0.800. The number of hydrogen-bond acceptors (Lipinski definition) is 1. The number of rotatable bonds is 5. The summed E-state index contributed by atoms with van der Waals surface area (Å²) in [6, 6.07) is 2.22. The molecule has 0 fully saturated rings. The summed E-state index contributed by atoms with van der Waals surface area (Å²) in [5.74, 6) is -1.92. The van der Waals surface area contributed by atoms with E-state index in [0.717, 1.165) is 25.0 Å². The monoisotopic (exact) mass is 304 g/mol. The van der Waals surface area contributed by atoms with E-state index in [-0.39, 0.29) is 12.3 Å². The Morgan fingerprint density at radius 1 is 1.35 bits per heavy atom. The molecule has 0 aliphatic rings. The number of carbonyl (C=O) groups is 1. The minimum absolute atomic E-state index is 0.148. The standard InChI is InChI=1S/C13H15BrF2O/c1-3-4-8(2)5-12(17)13-10(15)6-9(14)7-11(13)16/h6-8H,3-5H2,1-2H3. The molecule has 0 spiro atoms. The maximum Gasteiger partial charge on any atom is 0.169 e. The summed E-state index contributed by atoms with van der Waals surface area (Å²) in [5.41, 5.74) is -0.420. The zero-order valence-corrected chi connectivity index (χ0v) is 11.5. The molecule has 1 unspecified atom stereocenters. The molecule has 0 radical (unpaired) electrons. The lowest BCUT2D eigenvalue weighted by Crippen LogP contribution is -2.10. The molecule has 0 aliphatic carbocycles. The predicted octanol–water partition coefficient (Wildman–Crippen LogP) is 4.74. The first kappa shape index (κ1) is 14.3. The highest BCUT2D eigenvalue weighted by Gasteiger charge is 2.19. The van der Waals surface area contributed by atoms with Gasteiger partial charge in [0.2, 0.25) is 0 Å². The number of benzene rings is 1. The van der Waals surface area contributed by atoms with E-state index in [1.165, 1.54) is 0 Å². The fourth-order valence-electron chi connectivity index (χ4n) is 1.82. The van der Waals surface area contributed by atoms with Crippen LogP contribution in [0.2, 0.25) is 0 Å². The van der Waals surface area contributed by atoms with Gasteiger partial charge >= 0.3 is 0 Å². The Hall–Kier alpha value is -0.770. The van der Waals surface area contributed by atoms with Crippen molar-refractivity contribution in [1.82, 2.24) is 0 Å². The van der Waals surface area contributed by atoms with Crippen molar-refractivity contribution in [2.24, 2.45) is 5.92 Å². The Labute approximate surface area is 108 Å². The SMILES string of the molecule is CCCC(C)CC(=O)c1c(F)cc(Br)cc1F. The number of hydrogen-bond donors (Lipinski definition) is 0. The quantitative estimate of drug-likeness (QED) is 0.718. The van der Waals surface area contributed by atoms with Gasteiger partial charge in [0.15, 0.2) is 5.78 Å². The first-order chi connectivity index (χ1) is 7.95.